The average Bonchev–Trinajstić information content (AvgIpc) is 3.20. The minimum absolute atomic E-state index is 0.153. The number of amides is 1. The summed E-state index contributed by atoms with van der Waals surface area (Å²) in [7, 11) is 0. The van der Waals surface area contributed by atoms with Crippen molar-refractivity contribution in [2.45, 2.75) is 30.6 Å². The maximum atomic E-state index is 13.7. The highest BCUT2D eigenvalue weighted by Gasteiger charge is 2.53. The zero-order chi connectivity index (χ0) is 36.3. The van der Waals surface area contributed by atoms with Gasteiger partial charge in [0.1, 0.15) is 18.8 Å². The first-order valence-corrected chi connectivity index (χ1v) is 16.4. The van der Waals surface area contributed by atoms with Crippen LogP contribution < -0.4 is 5.32 Å². The van der Waals surface area contributed by atoms with Crippen LogP contribution >= 0.6 is 0 Å². The number of esters is 4. The first-order valence-electron chi connectivity index (χ1n) is 16.4. The fourth-order valence-electron chi connectivity index (χ4n) is 5.49. The molecule has 0 aromatic heterocycles. The Morgan fingerprint density at radius 1 is 0.462 bits per heavy atom. The molecular weight excluding hydrogens is 666 g/mol. The molecule has 0 aliphatic carbocycles. The van der Waals surface area contributed by atoms with E-state index in [2.05, 4.69) is 5.32 Å². The number of ether oxygens (including phenoxy) is 5. The fraction of sp³-hybridized carbons (Fsp3) is 0.146. The van der Waals surface area contributed by atoms with Gasteiger partial charge in [-0.25, -0.2) is 19.2 Å². The largest absolute Gasteiger partial charge is 0.459 e. The smallest absolute Gasteiger partial charge is 0.340 e. The van der Waals surface area contributed by atoms with Gasteiger partial charge in [-0.15, -0.1) is 0 Å². The van der Waals surface area contributed by atoms with E-state index in [9.17, 15) is 24.0 Å². The van der Waals surface area contributed by atoms with E-state index in [1.54, 1.807) is 115 Å². The molecule has 5 aromatic rings. The molecule has 0 bridgehead atoms. The molecule has 1 aliphatic rings. The summed E-state index contributed by atoms with van der Waals surface area (Å²) in [5.41, 5.74) is 0.962. The Morgan fingerprint density at radius 3 is 1.27 bits per heavy atom. The van der Waals surface area contributed by atoms with Gasteiger partial charge in [-0.05, 0) is 60.7 Å². The summed E-state index contributed by atoms with van der Waals surface area (Å²) in [5, 5.41) is 2.79. The van der Waals surface area contributed by atoms with Crippen LogP contribution in [0.5, 0.6) is 0 Å². The van der Waals surface area contributed by atoms with Crippen molar-refractivity contribution in [1.29, 1.82) is 0 Å². The lowest BCUT2D eigenvalue weighted by Crippen LogP contribution is -2.67. The number of nitrogens with one attached hydrogen (secondary N) is 1. The minimum Gasteiger partial charge on any atom is -0.459 e. The molecule has 5 atom stereocenters. The highest BCUT2D eigenvalue weighted by Crippen LogP contribution is 2.30. The number of carbonyl (C=O) groups is 5. The van der Waals surface area contributed by atoms with Crippen LogP contribution in [-0.2, 0) is 23.7 Å². The molecule has 0 unspecified atom stereocenters. The summed E-state index contributed by atoms with van der Waals surface area (Å²) in [6, 6.07) is 39.1. The van der Waals surface area contributed by atoms with Crippen molar-refractivity contribution in [2.24, 2.45) is 0 Å². The van der Waals surface area contributed by atoms with Gasteiger partial charge in [0.2, 0.25) is 6.29 Å². The first-order chi connectivity index (χ1) is 25.4. The van der Waals surface area contributed by atoms with Crippen LogP contribution in [0.15, 0.2) is 152 Å². The summed E-state index contributed by atoms with van der Waals surface area (Å²) in [6.07, 6.45) is -6.05. The van der Waals surface area contributed by atoms with E-state index in [0.717, 1.165) is 0 Å². The molecule has 1 amide bonds. The molecule has 1 heterocycles. The third-order valence-corrected chi connectivity index (χ3v) is 8.11. The molecule has 0 radical (unpaired) electrons. The zero-order valence-electron chi connectivity index (χ0n) is 27.6. The zero-order valence-corrected chi connectivity index (χ0v) is 27.6. The Kier molecular flexibility index (Phi) is 11.4. The Morgan fingerprint density at radius 2 is 0.827 bits per heavy atom. The van der Waals surface area contributed by atoms with E-state index in [0.29, 0.717) is 0 Å². The van der Waals surface area contributed by atoms with Crippen molar-refractivity contribution in [3.63, 3.8) is 0 Å². The van der Waals surface area contributed by atoms with Gasteiger partial charge in [0, 0.05) is 5.56 Å². The first kappa shape index (κ1) is 35.2. The lowest BCUT2D eigenvalue weighted by molar-refractivity contribution is -0.251. The predicted octanol–water partition coefficient (Wildman–Crippen LogP) is 5.68. The van der Waals surface area contributed by atoms with E-state index >= 15 is 0 Å². The van der Waals surface area contributed by atoms with Gasteiger partial charge in [0.05, 0.1) is 22.3 Å². The monoisotopic (exact) mass is 699 g/mol. The third-order valence-electron chi connectivity index (χ3n) is 8.11. The molecule has 0 saturated carbocycles. The second-order valence-electron chi connectivity index (χ2n) is 11.6. The fourth-order valence-corrected chi connectivity index (χ4v) is 5.49. The SMILES string of the molecule is O=C(N[C@H]1[C@@H](OC(=O)c2ccccc2)O[C@H](COC(=O)c2ccccc2)[C@@H](OC(=O)c2ccccc2)[C@@H]1OC(=O)c1ccccc1)c1ccccc1. The Balaban J connectivity index is 1.41. The molecule has 1 N–H and O–H groups in total. The van der Waals surface area contributed by atoms with Crippen molar-refractivity contribution in [3.05, 3.63) is 179 Å². The van der Waals surface area contributed by atoms with Gasteiger partial charge in [-0.1, -0.05) is 91.0 Å². The molecule has 1 aliphatic heterocycles. The summed E-state index contributed by atoms with van der Waals surface area (Å²) in [5.74, 6) is -3.81. The van der Waals surface area contributed by atoms with Gasteiger partial charge in [0.25, 0.3) is 5.91 Å². The van der Waals surface area contributed by atoms with Crippen LogP contribution in [0.4, 0.5) is 0 Å². The second kappa shape index (κ2) is 16.9. The van der Waals surface area contributed by atoms with Crippen molar-refractivity contribution >= 4 is 29.8 Å². The van der Waals surface area contributed by atoms with Crippen LogP contribution in [0.25, 0.3) is 0 Å². The molecular formula is C41H33NO10. The Labute approximate surface area is 299 Å². The van der Waals surface area contributed by atoms with Gasteiger partial charge < -0.3 is 29.0 Å². The van der Waals surface area contributed by atoms with Crippen LogP contribution in [0, 0.1) is 0 Å². The lowest BCUT2D eigenvalue weighted by atomic mass is 9.95. The van der Waals surface area contributed by atoms with Crippen LogP contribution in [0.2, 0.25) is 0 Å². The molecule has 11 nitrogen and oxygen atoms in total. The van der Waals surface area contributed by atoms with E-state index in [4.69, 9.17) is 23.7 Å². The molecule has 6 rings (SSSR count). The van der Waals surface area contributed by atoms with Gasteiger partial charge in [-0.3, -0.25) is 4.79 Å². The van der Waals surface area contributed by atoms with Crippen LogP contribution in [0.1, 0.15) is 51.8 Å². The molecule has 1 fully saturated rings. The van der Waals surface area contributed by atoms with E-state index in [-0.39, 0.29) is 27.8 Å². The second-order valence-corrected chi connectivity index (χ2v) is 11.6. The quantitative estimate of drug-likeness (QED) is 0.135. The van der Waals surface area contributed by atoms with Crippen molar-refractivity contribution in [3.8, 4) is 0 Å². The average molecular weight is 700 g/mol. The standard InChI is InChI=1S/C41H33NO10/c43-36(27-16-6-1-7-17-27)42-33-35(51-39(46)30-22-12-4-13-23-30)34(50-38(45)29-20-10-3-11-21-29)32(26-48-37(44)28-18-8-2-9-19-28)49-41(33)52-40(47)31-24-14-5-15-25-31/h1-25,32-35,41H,26H2,(H,42,43)/t32-,33-,34-,35-,41-/m1/s1. The summed E-state index contributed by atoms with van der Waals surface area (Å²) in [6.45, 7) is -0.529. The summed E-state index contributed by atoms with van der Waals surface area (Å²) in [4.78, 5) is 67.6. The summed E-state index contributed by atoms with van der Waals surface area (Å²) >= 11 is 0. The molecule has 5 aromatic carbocycles. The summed E-state index contributed by atoms with van der Waals surface area (Å²) < 4.78 is 29.8. The normalized spacial score (nSPS) is 19.3. The van der Waals surface area contributed by atoms with E-state index in [1.807, 2.05) is 0 Å². The maximum absolute atomic E-state index is 13.7. The van der Waals surface area contributed by atoms with Crippen molar-refractivity contribution in [2.75, 3.05) is 6.61 Å². The number of rotatable bonds is 11. The maximum Gasteiger partial charge on any atom is 0.340 e. The Hall–Kier alpha value is -6.59. The number of hydrogen-bond donors (Lipinski definition) is 1. The van der Waals surface area contributed by atoms with Gasteiger partial charge >= 0.3 is 23.9 Å². The predicted molar refractivity (Wildman–Crippen MR) is 186 cm³/mol. The molecule has 0 spiro atoms. The lowest BCUT2D eigenvalue weighted by Gasteiger charge is -2.44. The molecule has 52 heavy (non-hydrogen) atoms. The van der Waals surface area contributed by atoms with E-state index in [1.165, 1.54) is 36.4 Å². The highest BCUT2D eigenvalue weighted by molar-refractivity contribution is 5.95. The topological polar surface area (TPSA) is 144 Å². The number of carbonyl (C=O) groups excluding carboxylic acids is 5. The minimum atomic E-state index is -1.64. The number of benzene rings is 5. The van der Waals surface area contributed by atoms with Crippen molar-refractivity contribution < 1.29 is 47.7 Å². The van der Waals surface area contributed by atoms with Gasteiger partial charge in [-0.2, -0.15) is 0 Å². The number of hydrogen-bond acceptors (Lipinski definition) is 10. The third kappa shape index (κ3) is 8.76. The van der Waals surface area contributed by atoms with Crippen LogP contribution in [-0.4, -0.2) is 67.0 Å². The Bertz CT molecular complexity index is 1980. The molecule has 262 valence electrons. The molecule has 1 saturated heterocycles. The van der Waals surface area contributed by atoms with E-state index < -0.39 is 67.0 Å². The van der Waals surface area contributed by atoms with Gasteiger partial charge in [0.15, 0.2) is 12.2 Å². The highest BCUT2D eigenvalue weighted by atomic mass is 16.7. The van der Waals surface area contributed by atoms with Crippen LogP contribution in [0.3, 0.4) is 0 Å². The van der Waals surface area contributed by atoms with Crippen molar-refractivity contribution in [1.82, 2.24) is 5.32 Å². The molecule has 11 heteroatoms.